The number of rotatable bonds is 6. The SMILES string of the molecule is O=C(O)CCNC(=O)NCc1ccc(C(F)F)cc1. The third kappa shape index (κ3) is 5.80. The fraction of sp³-hybridized carbons (Fsp3) is 0.333. The lowest BCUT2D eigenvalue weighted by Crippen LogP contribution is -2.36. The maximum atomic E-state index is 12.3. The molecule has 0 radical (unpaired) electrons. The van der Waals surface area contributed by atoms with E-state index >= 15 is 0 Å². The molecule has 0 unspecified atom stereocenters. The zero-order valence-electron chi connectivity index (χ0n) is 10.0. The predicted molar refractivity (Wildman–Crippen MR) is 63.9 cm³/mol. The van der Waals surface area contributed by atoms with Gasteiger partial charge in [-0.25, -0.2) is 13.6 Å². The van der Waals surface area contributed by atoms with Crippen LogP contribution >= 0.6 is 0 Å². The van der Waals surface area contributed by atoms with Crippen molar-refractivity contribution >= 4 is 12.0 Å². The lowest BCUT2D eigenvalue weighted by Gasteiger charge is -2.07. The fourth-order valence-electron chi connectivity index (χ4n) is 1.31. The van der Waals surface area contributed by atoms with Crippen molar-refractivity contribution in [2.45, 2.75) is 19.4 Å². The van der Waals surface area contributed by atoms with Gasteiger partial charge in [-0.2, -0.15) is 0 Å². The van der Waals surface area contributed by atoms with E-state index in [-0.39, 0.29) is 25.1 Å². The van der Waals surface area contributed by atoms with Gasteiger partial charge in [-0.3, -0.25) is 4.79 Å². The van der Waals surface area contributed by atoms with E-state index in [1.165, 1.54) is 24.3 Å². The zero-order chi connectivity index (χ0) is 14.3. The second-order valence-electron chi connectivity index (χ2n) is 3.80. The summed E-state index contributed by atoms with van der Waals surface area (Å²) in [6, 6.07) is 5.09. The molecule has 0 fully saturated rings. The number of alkyl halides is 2. The highest BCUT2D eigenvalue weighted by molar-refractivity contribution is 5.74. The van der Waals surface area contributed by atoms with E-state index < -0.39 is 18.4 Å². The van der Waals surface area contributed by atoms with Crippen molar-refractivity contribution in [2.75, 3.05) is 6.54 Å². The maximum Gasteiger partial charge on any atom is 0.315 e. The molecule has 0 atom stereocenters. The first-order chi connectivity index (χ1) is 8.99. The van der Waals surface area contributed by atoms with Crippen LogP contribution in [0.25, 0.3) is 0 Å². The second-order valence-corrected chi connectivity index (χ2v) is 3.80. The van der Waals surface area contributed by atoms with Crippen LogP contribution in [0.4, 0.5) is 13.6 Å². The average molecular weight is 272 g/mol. The summed E-state index contributed by atoms with van der Waals surface area (Å²) in [5.41, 5.74) is 0.604. The number of carbonyl (C=O) groups is 2. The van der Waals surface area contributed by atoms with Crippen LogP contribution < -0.4 is 10.6 Å². The van der Waals surface area contributed by atoms with Crippen molar-refractivity contribution in [3.63, 3.8) is 0 Å². The molecular formula is C12H14F2N2O3. The van der Waals surface area contributed by atoms with Gasteiger partial charge in [0.05, 0.1) is 6.42 Å². The summed E-state index contributed by atoms with van der Waals surface area (Å²) in [5.74, 6) is -0.997. The van der Waals surface area contributed by atoms with Gasteiger partial charge in [0.15, 0.2) is 0 Å². The number of halogens is 2. The van der Waals surface area contributed by atoms with Gasteiger partial charge in [0.25, 0.3) is 6.43 Å². The Morgan fingerprint density at radius 2 is 1.79 bits per heavy atom. The Balaban J connectivity index is 2.31. The Labute approximate surface area is 108 Å². The van der Waals surface area contributed by atoms with Crippen molar-refractivity contribution in [1.82, 2.24) is 10.6 Å². The minimum absolute atomic E-state index is 0.0332. The molecule has 0 aliphatic heterocycles. The van der Waals surface area contributed by atoms with Crippen LogP contribution in [-0.2, 0) is 11.3 Å². The molecule has 0 saturated carbocycles. The molecule has 0 aliphatic rings. The molecule has 1 rings (SSSR count). The lowest BCUT2D eigenvalue weighted by molar-refractivity contribution is -0.136. The Morgan fingerprint density at radius 3 is 2.32 bits per heavy atom. The van der Waals surface area contributed by atoms with Crippen LogP contribution in [0.3, 0.4) is 0 Å². The number of benzene rings is 1. The standard InChI is InChI=1S/C12H14F2N2O3/c13-11(14)9-3-1-8(2-4-9)7-16-12(19)15-6-5-10(17)18/h1-4,11H,5-7H2,(H,17,18)(H2,15,16,19). The van der Waals surface area contributed by atoms with Crippen molar-refractivity contribution in [3.8, 4) is 0 Å². The normalized spacial score (nSPS) is 10.3. The summed E-state index contributed by atoms with van der Waals surface area (Å²) in [5, 5.41) is 13.2. The fourth-order valence-corrected chi connectivity index (χ4v) is 1.31. The van der Waals surface area contributed by atoms with Gasteiger partial charge in [-0.15, -0.1) is 0 Å². The van der Waals surface area contributed by atoms with Crippen LogP contribution in [0.2, 0.25) is 0 Å². The van der Waals surface area contributed by atoms with E-state index in [4.69, 9.17) is 5.11 Å². The Kier molecular flexibility index (Phi) is 5.72. The summed E-state index contributed by atoms with van der Waals surface area (Å²) in [4.78, 5) is 21.5. The number of carboxylic acids is 1. The number of carboxylic acid groups (broad SMARTS) is 1. The summed E-state index contributed by atoms with van der Waals surface area (Å²) in [6.07, 6.45) is -2.67. The van der Waals surface area contributed by atoms with E-state index in [9.17, 15) is 18.4 Å². The van der Waals surface area contributed by atoms with Gasteiger partial charge in [0, 0.05) is 18.7 Å². The topological polar surface area (TPSA) is 78.4 Å². The van der Waals surface area contributed by atoms with Crippen molar-refractivity contribution < 1.29 is 23.5 Å². The number of nitrogens with one attached hydrogen (secondary N) is 2. The molecule has 2 amide bonds. The quantitative estimate of drug-likeness (QED) is 0.740. The van der Waals surface area contributed by atoms with Gasteiger partial charge >= 0.3 is 12.0 Å². The molecule has 0 heterocycles. The molecule has 1 aromatic rings. The number of carbonyl (C=O) groups excluding carboxylic acids is 1. The summed E-state index contributed by atoms with van der Waals surface area (Å²) in [6.45, 7) is 0.216. The highest BCUT2D eigenvalue weighted by Crippen LogP contribution is 2.18. The smallest absolute Gasteiger partial charge is 0.315 e. The van der Waals surface area contributed by atoms with E-state index in [2.05, 4.69) is 10.6 Å². The molecule has 0 aliphatic carbocycles. The Hall–Kier alpha value is -2.18. The van der Waals surface area contributed by atoms with Crippen molar-refractivity contribution in [2.24, 2.45) is 0 Å². The molecular weight excluding hydrogens is 258 g/mol. The maximum absolute atomic E-state index is 12.3. The Bertz CT molecular complexity index is 435. The summed E-state index contributed by atoms with van der Waals surface area (Å²) >= 11 is 0. The largest absolute Gasteiger partial charge is 0.481 e. The van der Waals surface area contributed by atoms with Crippen LogP contribution in [0.15, 0.2) is 24.3 Å². The third-order valence-corrected chi connectivity index (χ3v) is 2.31. The van der Waals surface area contributed by atoms with Gasteiger partial charge in [0.1, 0.15) is 0 Å². The van der Waals surface area contributed by atoms with E-state index in [0.29, 0.717) is 5.56 Å². The van der Waals surface area contributed by atoms with Crippen LogP contribution in [-0.4, -0.2) is 23.7 Å². The van der Waals surface area contributed by atoms with Gasteiger partial charge in [0.2, 0.25) is 0 Å². The van der Waals surface area contributed by atoms with Gasteiger partial charge in [-0.1, -0.05) is 24.3 Å². The lowest BCUT2D eigenvalue weighted by atomic mass is 10.1. The predicted octanol–water partition coefficient (Wildman–Crippen LogP) is 1.90. The van der Waals surface area contributed by atoms with Gasteiger partial charge in [-0.05, 0) is 5.56 Å². The highest BCUT2D eigenvalue weighted by atomic mass is 19.3. The number of aliphatic carboxylic acids is 1. The minimum Gasteiger partial charge on any atom is -0.481 e. The first kappa shape index (κ1) is 14.9. The van der Waals surface area contributed by atoms with E-state index in [1.54, 1.807) is 0 Å². The molecule has 5 nitrogen and oxygen atoms in total. The molecule has 1 aromatic carbocycles. The molecule has 3 N–H and O–H groups in total. The molecule has 0 bridgehead atoms. The first-order valence-corrected chi connectivity index (χ1v) is 5.59. The average Bonchev–Trinajstić information content (AvgIpc) is 2.36. The molecule has 0 spiro atoms. The number of hydrogen-bond donors (Lipinski definition) is 3. The number of hydrogen-bond acceptors (Lipinski definition) is 2. The van der Waals surface area contributed by atoms with Gasteiger partial charge < -0.3 is 15.7 Å². The molecule has 7 heteroatoms. The Morgan fingerprint density at radius 1 is 1.16 bits per heavy atom. The number of amides is 2. The highest BCUT2D eigenvalue weighted by Gasteiger charge is 2.06. The molecule has 0 aromatic heterocycles. The molecule has 104 valence electrons. The summed E-state index contributed by atoms with van der Waals surface area (Å²) in [7, 11) is 0. The van der Waals surface area contributed by atoms with Crippen molar-refractivity contribution in [3.05, 3.63) is 35.4 Å². The molecule has 0 saturated heterocycles. The van der Waals surface area contributed by atoms with E-state index in [0.717, 1.165) is 0 Å². The second kappa shape index (κ2) is 7.30. The van der Waals surface area contributed by atoms with Crippen LogP contribution in [0.5, 0.6) is 0 Å². The first-order valence-electron chi connectivity index (χ1n) is 5.59. The van der Waals surface area contributed by atoms with E-state index in [1.807, 2.05) is 0 Å². The monoisotopic (exact) mass is 272 g/mol. The van der Waals surface area contributed by atoms with Crippen molar-refractivity contribution in [1.29, 1.82) is 0 Å². The third-order valence-electron chi connectivity index (χ3n) is 2.31. The van der Waals surface area contributed by atoms with Crippen LogP contribution in [0.1, 0.15) is 24.0 Å². The van der Waals surface area contributed by atoms with Crippen LogP contribution in [0, 0.1) is 0 Å². The zero-order valence-corrected chi connectivity index (χ0v) is 10.0. The summed E-state index contributed by atoms with van der Waals surface area (Å²) < 4.78 is 24.6. The minimum atomic E-state index is -2.51. The molecule has 19 heavy (non-hydrogen) atoms. The number of urea groups is 1.